The molecule has 0 saturated carbocycles. The van der Waals surface area contributed by atoms with Crippen molar-refractivity contribution in [3.63, 3.8) is 0 Å². The first-order valence-corrected chi connectivity index (χ1v) is 7.70. The second-order valence-electron chi connectivity index (χ2n) is 5.62. The van der Waals surface area contributed by atoms with E-state index in [0.29, 0.717) is 0 Å². The van der Waals surface area contributed by atoms with E-state index >= 15 is 0 Å². The molecule has 1 aromatic carbocycles. The second-order valence-corrected chi connectivity index (χ2v) is 5.62. The van der Waals surface area contributed by atoms with Crippen LogP contribution in [0.25, 0.3) is 0 Å². The summed E-state index contributed by atoms with van der Waals surface area (Å²) in [5.74, 6) is -1.11. The minimum absolute atomic E-state index is 0.0280. The van der Waals surface area contributed by atoms with Gasteiger partial charge in [0.1, 0.15) is 5.78 Å². The summed E-state index contributed by atoms with van der Waals surface area (Å²) in [6.45, 7) is 5.28. The van der Waals surface area contributed by atoms with E-state index in [0.717, 1.165) is 11.1 Å². The third-order valence-electron chi connectivity index (χ3n) is 3.70. The van der Waals surface area contributed by atoms with Gasteiger partial charge in [-0.1, -0.05) is 29.8 Å². The smallest absolute Gasteiger partial charge is 0.306 e. The lowest BCUT2D eigenvalue weighted by molar-refractivity contribution is -0.527. The van der Waals surface area contributed by atoms with Crippen LogP contribution in [0.2, 0.25) is 0 Å². The quantitative estimate of drug-likeness (QED) is 0.396. The number of nitrogens with zero attached hydrogens (tertiary/aromatic N) is 1. The Labute approximate surface area is 136 Å². The highest BCUT2D eigenvalue weighted by atomic mass is 16.6. The maximum Gasteiger partial charge on any atom is 0.306 e. The molecule has 23 heavy (non-hydrogen) atoms. The number of carbonyl (C=O) groups excluding carboxylic acids is 2. The Kier molecular flexibility index (Phi) is 7.38. The molecule has 0 saturated heterocycles. The standard InChI is InChI=1S/C17H23NO5/c1-4-23-17(20)10-9-16(18(21)22)15(11-13(3)19)14-7-5-12(2)6-8-14/h5-8,15-16H,4,9-11H2,1-3H3/t15-,16-/m1/s1. The van der Waals surface area contributed by atoms with Crippen molar-refractivity contribution in [3.8, 4) is 0 Å². The number of aryl methyl sites for hydroxylation is 1. The van der Waals surface area contributed by atoms with E-state index in [1.54, 1.807) is 6.92 Å². The molecule has 0 aliphatic rings. The van der Waals surface area contributed by atoms with Crippen LogP contribution in [0.3, 0.4) is 0 Å². The number of ketones is 1. The minimum Gasteiger partial charge on any atom is -0.466 e. The minimum atomic E-state index is -0.994. The lowest BCUT2D eigenvalue weighted by Crippen LogP contribution is -2.30. The molecule has 126 valence electrons. The van der Waals surface area contributed by atoms with Crippen LogP contribution in [0.4, 0.5) is 0 Å². The molecule has 0 unspecified atom stereocenters. The van der Waals surface area contributed by atoms with Crippen molar-refractivity contribution in [1.29, 1.82) is 0 Å². The number of ether oxygens (including phenoxy) is 1. The van der Waals surface area contributed by atoms with Crippen molar-refractivity contribution in [3.05, 3.63) is 45.5 Å². The zero-order valence-electron chi connectivity index (χ0n) is 13.8. The maximum atomic E-state index is 11.5. The zero-order valence-corrected chi connectivity index (χ0v) is 13.8. The molecule has 0 bridgehead atoms. The van der Waals surface area contributed by atoms with Gasteiger partial charge in [-0.3, -0.25) is 14.9 Å². The molecule has 0 aliphatic heterocycles. The summed E-state index contributed by atoms with van der Waals surface area (Å²) in [5.41, 5.74) is 1.79. The van der Waals surface area contributed by atoms with Crippen LogP contribution >= 0.6 is 0 Å². The van der Waals surface area contributed by atoms with Crippen molar-refractivity contribution >= 4 is 11.8 Å². The van der Waals surface area contributed by atoms with E-state index in [2.05, 4.69) is 0 Å². The third-order valence-corrected chi connectivity index (χ3v) is 3.70. The van der Waals surface area contributed by atoms with Gasteiger partial charge in [0.25, 0.3) is 0 Å². The summed E-state index contributed by atoms with van der Waals surface area (Å²) < 4.78 is 4.83. The highest BCUT2D eigenvalue weighted by molar-refractivity contribution is 5.76. The largest absolute Gasteiger partial charge is 0.466 e. The molecule has 1 aromatic rings. The zero-order chi connectivity index (χ0) is 17.4. The Balaban J connectivity index is 2.98. The van der Waals surface area contributed by atoms with Gasteiger partial charge < -0.3 is 9.53 Å². The monoisotopic (exact) mass is 321 g/mol. The first-order chi connectivity index (χ1) is 10.8. The van der Waals surface area contributed by atoms with E-state index in [1.807, 2.05) is 31.2 Å². The van der Waals surface area contributed by atoms with Gasteiger partial charge in [-0.05, 0) is 26.3 Å². The SMILES string of the molecule is CCOC(=O)CC[C@H]([C@H](CC(C)=O)c1ccc(C)cc1)[N+](=O)[O-]. The van der Waals surface area contributed by atoms with Gasteiger partial charge in [0.2, 0.25) is 6.04 Å². The molecule has 0 heterocycles. The first-order valence-electron chi connectivity index (χ1n) is 7.70. The fraction of sp³-hybridized carbons (Fsp3) is 0.529. The average Bonchev–Trinajstić information content (AvgIpc) is 2.46. The summed E-state index contributed by atoms with van der Waals surface area (Å²) in [6, 6.07) is 6.36. The van der Waals surface area contributed by atoms with Gasteiger partial charge in [-0.25, -0.2) is 0 Å². The summed E-state index contributed by atoms with van der Waals surface area (Å²) >= 11 is 0. The molecule has 0 amide bonds. The molecular formula is C17H23NO5. The lowest BCUT2D eigenvalue weighted by atomic mass is 9.85. The van der Waals surface area contributed by atoms with Crippen LogP contribution in [0.15, 0.2) is 24.3 Å². The molecule has 0 aromatic heterocycles. The van der Waals surface area contributed by atoms with E-state index in [1.165, 1.54) is 6.92 Å². The normalized spacial score (nSPS) is 13.2. The van der Waals surface area contributed by atoms with Gasteiger partial charge in [0.05, 0.1) is 18.9 Å². The first kappa shape index (κ1) is 18.8. The van der Waals surface area contributed by atoms with E-state index in [9.17, 15) is 19.7 Å². The van der Waals surface area contributed by atoms with Gasteiger partial charge in [-0.15, -0.1) is 0 Å². The molecule has 6 nitrogen and oxygen atoms in total. The predicted octanol–water partition coefficient (Wildman–Crippen LogP) is 3.05. The molecule has 6 heteroatoms. The van der Waals surface area contributed by atoms with Crippen molar-refractivity contribution in [2.45, 2.75) is 52.0 Å². The Bertz CT molecular complexity index is 553. The van der Waals surface area contributed by atoms with Crippen molar-refractivity contribution in [2.24, 2.45) is 0 Å². The molecule has 0 aliphatic carbocycles. The van der Waals surface area contributed by atoms with Crippen LogP contribution in [-0.4, -0.2) is 29.3 Å². The second kappa shape index (κ2) is 9.02. The van der Waals surface area contributed by atoms with E-state index < -0.39 is 22.9 Å². The number of Topliss-reactive ketones (excluding diaryl/α,β-unsaturated/α-hetero) is 1. The van der Waals surface area contributed by atoms with Crippen LogP contribution in [0.5, 0.6) is 0 Å². The number of rotatable bonds is 9. The molecular weight excluding hydrogens is 298 g/mol. The fourth-order valence-electron chi connectivity index (χ4n) is 2.55. The summed E-state index contributed by atoms with van der Waals surface area (Å²) in [7, 11) is 0. The molecule has 2 atom stereocenters. The summed E-state index contributed by atoms with van der Waals surface area (Å²) in [4.78, 5) is 34.1. The molecule has 0 N–H and O–H groups in total. The number of esters is 1. The molecule has 1 rings (SSSR count). The van der Waals surface area contributed by atoms with Gasteiger partial charge in [0, 0.05) is 17.8 Å². The summed E-state index contributed by atoms with van der Waals surface area (Å²) in [5, 5.41) is 11.5. The van der Waals surface area contributed by atoms with Crippen molar-refractivity contribution < 1.29 is 19.2 Å². The third kappa shape index (κ3) is 6.18. The average molecular weight is 321 g/mol. The van der Waals surface area contributed by atoms with Crippen LogP contribution < -0.4 is 0 Å². The van der Waals surface area contributed by atoms with Crippen LogP contribution in [0.1, 0.15) is 50.2 Å². The van der Waals surface area contributed by atoms with Crippen molar-refractivity contribution in [1.82, 2.24) is 0 Å². The number of benzene rings is 1. The van der Waals surface area contributed by atoms with Gasteiger partial charge in [0.15, 0.2) is 0 Å². The molecule has 0 fully saturated rings. The Morgan fingerprint density at radius 2 is 1.87 bits per heavy atom. The number of nitro groups is 1. The number of hydrogen-bond acceptors (Lipinski definition) is 5. The molecule has 0 spiro atoms. The van der Waals surface area contributed by atoms with Crippen LogP contribution in [-0.2, 0) is 14.3 Å². The predicted molar refractivity (Wildman–Crippen MR) is 85.9 cm³/mol. The molecule has 0 radical (unpaired) electrons. The highest BCUT2D eigenvalue weighted by Gasteiger charge is 2.34. The van der Waals surface area contributed by atoms with E-state index in [4.69, 9.17) is 4.74 Å². The Morgan fingerprint density at radius 1 is 1.26 bits per heavy atom. The lowest BCUT2D eigenvalue weighted by Gasteiger charge is -2.20. The fourth-order valence-corrected chi connectivity index (χ4v) is 2.55. The van der Waals surface area contributed by atoms with Crippen molar-refractivity contribution in [2.75, 3.05) is 6.61 Å². The number of carbonyl (C=O) groups is 2. The summed E-state index contributed by atoms with van der Waals surface area (Å²) in [6.07, 6.45) is 0.106. The maximum absolute atomic E-state index is 11.5. The van der Waals surface area contributed by atoms with E-state index in [-0.39, 0.29) is 31.7 Å². The highest BCUT2D eigenvalue weighted by Crippen LogP contribution is 2.29. The topological polar surface area (TPSA) is 86.5 Å². The number of hydrogen-bond donors (Lipinski definition) is 0. The Hall–Kier alpha value is -2.24. The Morgan fingerprint density at radius 3 is 2.35 bits per heavy atom. The van der Waals surface area contributed by atoms with Gasteiger partial charge >= 0.3 is 5.97 Å². The van der Waals surface area contributed by atoms with Gasteiger partial charge in [-0.2, -0.15) is 0 Å². The van der Waals surface area contributed by atoms with Crippen LogP contribution in [0, 0.1) is 17.0 Å².